The molecule has 0 aliphatic heterocycles. The van der Waals surface area contributed by atoms with E-state index in [1.54, 1.807) is 18.2 Å². The van der Waals surface area contributed by atoms with Crippen molar-refractivity contribution in [2.45, 2.75) is 39.3 Å². The number of ketones is 2. The lowest BCUT2D eigenvalue weighted by atomic mass is 9.99. The number of methoxy groups -OCH3 is 1. The standard InChI is InChI=1S/C19H24O3Si2/c1-22-18-10-8-9-15(16(20)11-13-23(2,3)4)19(18)17(21)12-14-24(5,6)7/h8-10H,1-7H3. The van der Waals surface area contributed by atoms with E-state index in [1.165, 1.54) is 7.11 Å². The first-order valence-corrected chi connectivity index (χ1v) is 14.8. The SMILES string of the molecule is COc1cccc(C(=O)C#C[Si](C)(C)C)c1C(=O)C#C[Si](C)(C)C. The van der Waals surface area contributed by atoms with Gasteiger partial charge in [0.2, 0.25) is 11.6 Å². The van der Waals surface area contributed by atoms with E-state index in [-0.39, 0.29) is 16.9 Å². The molecule has 0 aliphatic carbocycles. The van der Waals surface area contributed by atoms with Crippen LogP contribution in [0.1, 0.15) is 20.7 Å². The molecule has 0 aromatic heterocycles. The summed E-state index contributed by atoms with van der Waals surface area (Å²) < 4.78 is 5.27. The third kappa shape index (κ3) is 6.19. The minimum Gasteiger partial charge on any atom is -0.496 e. The molecule has 126 valence electrons. The summed E-state index contributed by atoms with van der Waals surface area (Å²) >= 11 is 0. The first-order valence-electron chi connectivity index (χ1n) is 7.76. The molecule has 0 saturated carbocycles. The molecule has 1 aromatic carbocycles. The molecule has 5 heteroatoms. The van der Waals surface area contributed by atoms with Crippen molar-refractivity contribution in [2.24, 2.45) is 0 Å². The van der Waals surface area contributed by atoms with Crippen LogP contribution in [0.2, 0.25) is 39.3 Å². The van der Waals surface area contributed by atoms with Gasteiger partial charge >= 0.3 is 0 Å². The zero-order valence-electron chi connectivity index (χ0n) is 15.5. The predicted molar refractivity (Wildman–Crippen MR) is 104 cm³/mol. The van der Waals surface area contributed by atoms with E-state index in [0.29, 0.717) is 5.75 Å². The van der Waals surface area contributed by atoms with Crippen molar-refractivity contribution in [3.63, 3.8) is 0 Å². The zero-order chi connectivity index (χ0) is 18.5. The molecule has 0 spiro atoms. The van der Waals surface area contributed by atoms with Crippen LogP contribution in [0.4, 0.5) is 0 Å². The second-order valence-electron chi connectivity index (χ2n) is 7.54. The van der Waals surface area contributed by atoms with E-state index < -0.39 is 21.9 Å². The fraction of sp³-hybridized carbons (Fsp3) is 0.368. The maximum absolute atomic E-state index is 12.6. The Hall–Kier alpha value is -2.09. The van der Waals surface area contributed by atoms with Gasteiger partial charge in [-0.05, 0) is 24.0 Å². The van der Waals surface area contributed by atoms with Gasteiger partial charge in [0.1, 0.15) is 21.9 Å². The van der Waals surface area contributed by atoms with Gasteiger partial charge in [0.25, 0.3) is 0 Å². The zero-order valence-corrected chi connectivity index (χ0v) is 17.5. The summed E-state index contributed by atoms with van der Waals surface area (Å²) in [4.78, 5) is 25.1. The second-order valence-corrected chi connectivity index (χ2v) is 17.0. The van der Waals surface area contributed by atoms with Crippen LogP contribution in [0.5, 0.6) is 5.75 Å². The molecule has 0 heterocycles. The molecular weight excluding hydrogens is 332 g/mol. The Balaban J connectivity index is 3.42. The van der Waals surface area contributed by atoms with E-state index in [0.717, 1.165) is 0 Å². The van der Waals surface area contributed by atoms with Crippen LogP contribution < -0.4 is 4.74 Å². The van der Waals surface area contributed by atoms with Crippen LogP contribution >= 0.6 is 0 Å². The number of rotatable bonds is 3. The summed E-state index contributed by atoms with van der Waals surface area (Å²) in [5, 5.41) is 0. The quantitative estimate of drug-likeness (QED) is 0.470. The summed E-state index contributed by atoms with van der Waals surface area (Å²) in [6, 6.07) is 4.95. The van der Waals surface area contributed by atoms with E-state index in [1.807, 2.05) is 0 Å². The highest BCUT2D eigenvalue weighted by Gasteiger charge is 2.20. The summed E-state index contributed by atoms with van der Waals surface area (Å²) in [7, 11) is -1.90. The van der Waals surface area contributed by atoms with Gasteiger partial charge in [0.15, 0.2) is 0 Å². The van der Waals surface area contributed by atoms with E-state index in [9.17, 15) is 9.59 Å². The second kappa shape index (κ2) is 7.66. The van der Waals surface area contributed by atoms with Gasteiger partial charge in [0.05, 0.1) is 12.7 Å². The fourth-order valence-electron chi connectivity index (χ4n) is 1.74. The lowest BCUT2D eigenvalue weighted by Gasteiger charge is -2.09. The first-order chi connectivity index (χ1) is 10.9. The minimum atomic E-state index is -1.70. The normalized spacial score (nSPS) is 10.8. The molecule has 1 rings (SSSR count). The Morgan fingerprint density at radius 2 is 1.38 bits per heavy atom. The summed E-state index contributed by atoms with van der Waals surface area (Å²) in [5.41, 5.74) is 6.54. The average Bonchev–Trinajstić information content (AvgIpc) is 2.47. The maximum Gasteiger partial charge on any atom is 0.239 e. The molecule has 1 aromatic rings. The van der Waals surface area contributed by atoms with Gasteiger partial charge < -0.3 is 4.74 Å². The molecule has 0 N–H and O–H groups in total. The molecule has 0 fully saturated rings. The van der Waals surface area contributed by atoms with Crippen molar-refractivity contribution in [1.29, 1.82) is 0 Å². The highest BCUT2D eigenvalue weighted by Crippen LogP contribution is 2.23. The highest BCUT2D eigenvalue weighted by atomic mass is 28.3. The topological polar surface area (TPSA) is 43.4 Å². The van der Waals surface area contributed by atoms with E-state index >= 15 is 0 Å². The van der Waals surface area contributed by atoms with E-state index in [2.05, 4.69) is 62.2 Å². The van der Waals surface area contributed by atoms with Crippen molar-refractivity contribution >= 4 is 27.7 Å². The Kier molecular flexibility index (Phi) is 6.37. The Morgan fingerprint density at radius 3 is 1.83 bits per heavy atom. The molecule has 24 heavy (non-hydrogen) atoms. The van der Waals surface area contributed by atoms with Crippen LogP contribution in [0.3, 0.4) is 0 Å². The van der Waals surface area contributed by atoms with Gasteiger partial charge in [-0.2, -0.15) is 0 Å². The summed E-state index contributed by atoms with van der Waals surface area (Å²) in [5.74, 6) is 4.96. The van der Waals surface area contributed by atoms with Crippen LogP contribution in [0.15, 0.2) is 18.2 Å². The molecule has 0 amide bonds. The highest BCUT2D eigenvalue weighted by molar-refractivity contribution is 6.84. The molecule has 0 atom stereocenters. The van der Waals surface area contributed by atoms with Crippen molar-refractivity contribution in [3.8, 4) is 28.7 Å². The van der Waals surface area contributed by atoms with Crippen LogP contribution in [0, 0.1) is 22.9 Å². The van der Waals surface area contributed by atoms with Crippen LogP contribution in [-0.2, 0) is 0 Å². The lowest BCUT2D eigenvalue weighted by Crippen LogP contribution is -2.18. The fourth-order valence-corrected chi connectivity index (χ4v) is 2.72. The van der Waals surface area contributed by atoms with Crippen molar-refractivity contribution in [2.75, 3.05) is 7.11 Å². The molecule has 0 aliphatic rings. The van der Waals surface area contributed by atoms with E-state index in [4.69, 9.17) is 4.74 Å². The Bertz CT molecular complexity index is 773. The molecule has 0 unspecified atom stereocenters. The van der Waals surface area contributed by atoms with Crippen molar-refractivity contribution in [1.82, 2.24) is 0 Å². The number of hydrogen-bond donors (Lipinski definition) is 0. The largest absolute Gasteiger partial charge is 0.496 e. The predicted octanol–water partition coefficient (Wildman–Crippen LogP) is 3.82. The van der Waals surface area contributed by atoms with Gasteiger partial charge in [-0.1, -0.05) is 45.3 Å². The van der Waals surface area contributed by atoms with Crippen molar-refractivity contribution < 1.29 is 14.3 Å². The van der Waals surface area contributed by atoms with Gasteiger partial charge in [-0.25, -0.2) is 0 Å². The molecule has 0 bridgehead atoms. The minimum absolute atomic E-state index is 0.209. The number of hydrogen-bond acceptors (Lipinski definition) is 3. The average molecular weight is 357 g/mol. The maximum atomic E-state index is 12.6. The lowest BCUT2D eigenvalue weighted by molar-refractivity contribution is 0.102. The Labute approximate surface area is 146 Å². The van der Waals surface area contributed by atoms with Gasteiger partial charge in [0, 0.05) is 5.56 Å². The van der Waals surface area contributed by atoms with Crippen molar-refractivity contribution in [3.05, 3.63) is 29.3 Å². The molecule has 3 nitrogen and oxygen atoms in total. The molecular formula is C19H24O3Si2. The summed E-state index contributed by atoms with van der Waals surface area (Å²) in [6.45, 7) is 12.3. The third-order valence-corrected chi connectivity index (χ3v) is 4.57. The monoisotopic (exact) mass is 356 g/mol. The molecule has 0 saturated heterocycles. The summed E-state index contributed by atoms with van der Waals surface area (Å²) in [6.07, 6.45) is 0. The number of Topliss-reactive ketones (excluding diaryl/α,β-unsaturated/α-hetero) is 2. The number of benzene rings is 1. The first kappa shape index (κ1) is 20.0. The number of carbonyl (C=O) groups excluding carboxylic acids is 2. The Morgan fingerprint density at radius 1 is 0.875 bits per heavy atom. The van der Waals surface area contributed by atoms with Crippen LogP contribution in [0.25, 0.3) is 0 Å². The number of carbonyl (C=O) groups is 2. The van der Waals surface area contributed by atoms with Gasteiger partial charge in [-0.15, -0.1) is 11.1 Å². The third-order valence-electron chi connectivity index (χ3n) is 2.82. The number of ether oxygens (including phenoxy) is 1. The smallest absolute Gasteiger partial charge is 0.239 e. The molecule has 0 radical (unpaired) electrons. The van der Waals surface area contributed by atoms with Gasteiger partial charge in [-0.3, -0.25) is 9.59 Å². The van der Waals surface area contributed by atoms with Crippen LogP contribution in [-0.4, -0.2) is 34.8 Å².